The topological polar surface area (TPSA) is 84.4 Å². The standard InChI is InChI=1S/C24H28N4O3S/c1-16-22(32-20(26-16)18-12-9-13-25-15-18)28(5)21(29)19(14-17-10-7-6-8-11-17)27-23(30)31-24(2,3)4/h6-13,15,19H,14H2,1-5H3,(H,27,30). The van der Waals surface area contributed by atoms with Gasteiger partial charge in [0.05, 0.1) is 5.69 Å². The number of pyridine rings is 1. The first-order chi connectivity index (χ1) is 15.1. The average molecular weight is 453 g/mol. The Morgan fingerprint density at radius 2 is 1.88 bits per heavy atom. The lowest BCUT2D eigenvalue weighted by atomic mass is 10.1. The van der Waals surface area contributed by atoms with E-state index in [0.29, 0.717) is 6.42 Å². The van der Waals surface area contributed by atoms with E-state index in [0.717, 1.165) is 26.8 Å². The minimum Gasteiger partial charge on any atom is -0.444 e. The van der Waals surface area contributed by atoms with E-state index in [1.807, 2.05) is 49.4 Å². The molecule has 2 aromatic heterocycles. The number of rotatable bonds is 6. The third kappa shape index (κ3) is 6.13. The van der Waals surface area contributed by atoms with Gasteiger partial charge in [-0.05, 0) is 45.4 Å². The maximum Gasteiger partial charge on any atom is 0.408 e. The molecule has 0 aliphatic heterocycles. The lowest BCUT2D eigenvalue weighted by Gasteiger charge is -2.26. The molecule has 0 aliphatic carbocycles. The molecule has 0 fully saturated rings. The average Bonchev–Trinajstić information content (AvgIpc) is 3.14. The van der Waals surface area contributed by atoms with Crippen molar-refractivity contribution in [3.05, 3.63) is 66.1 Å². The fourth-order valence-electron chi connectivity index (χ4n) is 3.15. The third-order valence-electron chi connectivity index (χ3n) is 4.59. The van der Waals surface area contributed by atoms with E-state index in [9.17, 15) is 9.59 Å². The molecule has 168 valence electrons. The van der Waals surface area contributed by atoms with Gasteiger partial charge in [0.15, 0.2) is 0 Å². The Kier molecular flexibility index (Phi) is 7.25. The van der Waals surface area contributed by atoms with E-state index >= 15 is 0 Å². The number of aryl methyl sites for hydroxylation is 1. The second-order valence-electron chi connectivity index (χ2n) is 8.44. The van der Waals surface area contributed by atoms with E-state index in [1.54, 1.807) is 45.1 Å². The van der Waals surface area contributed by atoms with Crippen LogP contribution in [-0.2, 0) is 16.0 Å². The minimum atomic E-state index is -0.791. The molecule has 7 nitrogen and oxygen atoms in total. The zero-order chi connectivity index (χ0) is 23.3. The zero-order valence-electron chi connectivity index (χ0n) is 19.0. The highest BCUT2D eigenvalue weighted by atomic mass is 32.1. The molecule has 2 amide bonds. The number of hydrogen-bond acceptors (Lipinski definition) is 6. The van der Waals surface area contributed by atoms with E-state index in [1.165, 1.54) is 11.3 Å². The van der Waals surface area contributed by atoms with Crippen LogP contribution in [-0.4, -0.2) is 40.7 Å². The number of nitrogens with zero attached hydrogens (tertiary/aromatic N) is 3. The Balaban J connectivity index is 1.84. The van der Waals surface area contributed by atoms with Gasteiger partial charge < -0.3 is 15.0 Å². The van der Waals surface area contributed by atoms with Crippen molar-refractivity contribution in [1.82, 2.24) is 15.3 Å². The molecule has 0 saturated carbocycles. The first-order valence-corrected chi connectivity index (χ1v) is 11.1. The molecule has 0 radical (unpaired) electrons. The Labute approximate surface area is 192 Å². The molecule has 32 heavy (non-hydrogen) atoms. The number of likely N-dealkylation sites (N-methyl/N-ethyl adjacent to an activating group) is 1. The van der Waals surface area contributed by atoms with Crippen molar-refractivity contribution in [2.45, 2.75) is 45.8 Å². The van der Waals surface area contributed by atoms with Gasteiger partial charge in [-0.1, -0.05) is 41.7 Å². The van der Waals surface area contributed by atoms with E-state index in [-0.39, 0.29) is 5.91 Å². The number of carbonyl (C=O) groups is 2. The summed E-state index contributed by atoms with van der Waals surface area (Å²) in [6, 6.07) is 12.6. The van der Waals surface area contributed by atoms with Crippen LogP contribution in [0.1, 0.15) is 32.0 Å². The number of ether oxygens (including phenoxy) is 1. The Morgan fingerprint density at radius 1 is 1.16 bits per heavy atom. The third-order valence-corrected chi connectivity index (χ3v) is 5.87. The predicted octanol–water partition coefficient (Wildman–Crippen LogP) is 4.61. The molecule has 0 aliphatic rings. The van der Waals surface area contributed by atoms with Gasteiger partial charge in [-0.15, -0.1) is 0 Å². The summed E-state index contributed by atoms with van der Waals surface area (Å²) in [6.07, 6.45) is 3.16. The molecular formula is C24H28N4O3S. The molecule has 1 unspecified atom stereocenters. The fraction of sp³-hybridized carbons (Fsp3) is 0.333. The van der Waals surface area contributed by atoms with E-state index in [4.69, 9.17) is 4.74 Å². The van der Waals surface area contributed by atoms with Crippen LogP contribution >= 0.6 is 11.3 Å². The predicted molar refractivity (Wildman–Crippen MR) is 127 cm³/mol. The van der Waals surface area contributed by atoms with Crippen molar-refractivity contribution in [2.24, 2.45) is 0 Å². The van der Waals surface area contributed by atoms with Crippen LogP contribution in [0, 0.1) is 6.92 Å². The smallest absolute Gasteiger partial charge is 0.408 e. The summed E-state index contributed by atoms with van der Waals surface area (Å²) in [6.45, 7) is 7.22. The molecule has 0 saturated heterocycles. The lowest BCUT2D eigenvalue weighted by Crippen LogP contribution is -2.50. The van der Waals surface area contributed by atoms with Gasteiger partial charge in [0, 0.05) is 31.4 Å². The van der Waals surface area contributed by atoms with Crippen LogP contribution in [0.2, 0.25) is 0 Å². The SMILES string of the molecule is Cc1nc(-c2cccnc2)sc1N(C)C(=O)C(Cc1ccccc1)NC(=O)OC(C)(C)C. The fourth-order valence-corrected chi connectivity index (χ4v) is 4.17. The molecule has 0 spiro atoms. The molecule has 0 bridgehead atoms. The molecule has 8 heteroatoms. The van der Waals surface area contributed by atoms with Crippen LogP contribution < -0.4 is 10.2 Å². The molecular weight excluding hydrogens is 424 g/mol. The van der Waals surface area contributed by atoms with Crippen molar-refractivity contribution >= 4 is 28.3 Å². The maximum atomic E-state index is 13.5. The monoisotopic (exact) mass is 452 g/mol. The summed E-state index contributed by atoms with van der Waals surface area (Å²) >= 11 is 1.41. The van der Waals surface area contributed by atoms with Crippen LogP contribution in [0.3, 0.4) is 0 Å². The lowest BCUT2D eigenvalue weighted by molar-refractivity contribution is -0.120. The summed E-state index contributed by atoms with van der Waals surface area (Å²) < 4.78 is 5.39. The summed E-state index contributed by atoms with van der Waals surface area (Å²) in [5, 5.41) is 4.25. The molecule has 3 aromatic rings. The highest BCUT2D eigenvalue weighted by Gasteiger charge is 2.29. The van der Waals surface area contributed by atoms with Crippen LogP contribution in [0.4, 0.5) is 9.80 Å². The summed E-state index contributed by atoms with van der Waals surface area (Å²) in [7, 11) is 1.70. The number of hydrogen-bond donors (Lipinski definition) is 1. The second kappa shape index (κ2) is 9.91. The molecule has 3 rings (SSSR count). The van der Waals surface area contributed by atoms with Crippen molar-refractivity contribution in [1.29, 1.82) is 0 Å². The number of alkyl carbamates (subject to hydrolysis) is 1. The summed E-state index contributed by atoms with van der Waals surface area (Å²) in [5.74, 6) is -0.246. The number of thiazole rings is 1. The molecule has 1 aromatic carbocycles. The normalized spacial score (nSPS) is 12.2. The second-order valence-corrected chi connectivity index (χ2v) is 9.41. The van der Waals surface area contributed by atoms with Gasteiger partial charge in [0.1, 0.15) is 21.7 Å². The highest BCUT2D eigenvalue weighted by Crippen LogP contribution is 2.34. The van der Waals surface area contributed by atoms with Crippen LogP contribution in [0.25, 0.3) is 10.6 Å². The Bertz CT molecular complexity index is 1060. The van der Waals surface area contributed by atoms with Crippen LogP contribution in [0.15, 0.2) is 54.9 Å². The molecule has 1 atom stereocenters. The number of nitrogens with one attached hydrogen (secondary N) is 1. The van der Waals surface area contributed by atoms with Gasteiger partial charge in [-0.25, -0.2) is 9.78 Å². The number of carbonyl (C=O) groups excluding carboxylic acids is 2. The number of amides is 2. The molecule has 2 heterocycles. The Morgan fingerprint density at radius 3 is 2.50 bits per heavy atom. The first-order valence-electron chi connectivity index (χ1n) is 10.3. The summed E-state index contributed by atoms with van der Waals surface area (Å²) in [5.41, 5.74) is 1.90. The maximum absolute atomic E-state index is 13.5. The van der Waals surface area contributed by atoms with Crippen molar-refractivity contribution in [3.63, 3.8) is 0 Å². The Hall–Kier alpha value is -3.26. The summed E-state index contributed by atoms with van der Waals surface area (Å²) in [4.78, 5) is 36.2. The number of aromatic nitrogens is 2. The minimum absolute atomic E-state index is 0.246. The van der Waals surface area contributed by atoms with Gasteiger partial charge in [0.2, 0.25) is 5.91 Å². The van der Waals surface area contributed by atoms with Crippen molar-refractivity contribution in [2.75, 3.05) is 11.9 Å². The van der Waals surface area contributed by atoms with E-state index < -0.39 is 17.7 Å². The highest BCUT2D eigenvalue weighted by molar-refractivity contribution is 7.19. The molecule has 1 N–H and O–H groups in total. The quantitative estimate of drug-likeness (QED) is 0.590. The van der Waals surface area contributed by atoms with Gasteiger partial charge in [0.25, 0.3) is 0 Å². The van der Waals surface area contributed by atoms with Gasteiger partial charge in [-0.3, -0.25) is 9.78 Å². The largest absolute Gasteiger partial charge is 0.444 e. The van der Waals surface area contributed by atoms with Crippen molar-refractivity contribution in [3.8, 4) is 10.6 Å². The van der Waals surface area contributed by atoms with Crippen LogP contribution in [0.5, 0.6) is 0 Å². The first kappa shape index (κ1) is 23.4. The van der Waals surface area contributed by atoms with Gasteiger partial charge >= 0.3 is 6.09 Å². The zero-order valence-corrected chi connectivity index (χ0v) is 19.8. The van der Waals surface area contributed by atoms with Gasteiger partial charge in [-0.2, -0.15) is 0 Å². The van der Waals surface area contributed by atoms with Crippen molar-refractivity contribution < 1.29 is 14.3 Å². The van der Waals surface area contributed by atoms with E-state index in [2.05, 4.69) is 15.3 Å². The number of benzene rings is 1. The number of anilines is 1.